The van der Waals surface area contributed by atoms with Crippen molar-refractivity contribution in [1.29, 1.82) is 0 Å². The standard InChI is InChI=1S/C17H16Cl2N4OS/c1-25(24)11-12-2-7-16(19)17(8-12)20-9-14-10-23(22-21-14)15-5-3-13(18)4-6-15/h2-8,10,20H,9,11H2,1H3/t25-/m0/s1. The maximum absolute atomic E-state index is 11.4. The summed E-state index contributed by atoms with van der Waals surface area (Å²) in [6.45, 7) is 0.478. The second-order valence-electron chi connectivity index (χ2n) is 5.52. The van der Waals surface area contributed by atoms with Crippen molar-refractivity contribution >= 4 is 39.7 Å². The van der Waals surface area contributed by atoms with Gasteiger partial charge in [-0.25, -0.2) is 4.68 Å². The number of anilines is 1. The van der Waals surface area contributed by atoms with Crippen LogP contribution in [0.4, 0.5) is 5.69 Å². The van der Waals surface area contributed by atoms with Crippen molar-refractivity contribution in [3.63, 3.8) is 0 Å². The Hall–Kier alpha value is -1.89. The van der Waals surface area contributed by atoms with Gasteiger partial charge >= 0.3 is 0 Å². The Kier molecular flexibility index (Phi) is 5.73. The Morgan fingerprint density at radius 3 is 2.64 bits per heavy atom. The molecule has 3 aromatic rings. The van der Waals surface area contributed by atoms with Crippen LogP contribution in [0, 0.1) is 0 Å². The first-order valence-corrected chi connectivity index (χ1v) is 9.99. The number of benzene rings is 2. The van der Waals surface area contributed by atoms with E-state index in [9.17, 15) is 4.21 Å². The van der Waals surface area contributed by atoms with Crippen LogP contribution in [0.15, 0.2) is 48.7 Å². The third kappa shape index (κ3) is 4.81. The summed E-state index contributed by atoms with van der Waals surface area (Å²) in [7, 11) is -0.897. The zero-order chi connectivity index (χ0) is 17.8. The minimum absolute atomic E-state index is 0.478. The molecule has 0 aliphatic rings. The monoisotopic (exact) mass is 394 g/mol. The van der Waals surface area contributed by atoms with Gasteiger partial charge in [-0.05, 0) is 42.0 Å². The first-order valence-electron chi connectivity index (χ1n) is 7.51. The number of hydrogen-bond acceptors (Lipinski definition) is 4. The molecule has 0 aliphatic heterocycles. The summed E-state index contributed by atoms with van der Waals surface area (Å²) < 4.78 is 13.1. The molecule has 0 saturated heterocycles. The van der Waals surface area contributed by atoms with Crippen LogP contribution in [0.25, 0.3) is 5.69 Å². The minimum Gasteiger partial charge on any atom is -0.378 e. The van der Waals surface area contributed by atoms with Crippen LogP contribution in [0.3, 0.4) is 0 Å². The van der Waals surface area contributed by atoms with Crippen molar-refractivity contribution in [3.05, 3.63) is 70.0 Å². The average Bonchev–Trinajstić information content (AvgIpc) is 3.04. The molecule has 0 unspecified atom stereocenters. The van der Waals surface area contributed by atoms with Gasteiger partial charge in [0, 0.05) is 27.8 Å². The lowest BCUT2D eigenvalue weighted by atomic mass is 10.2. The van der Waals surface area contributed by atoms with E-state index >= 15 is 0 Å². The van der Waals surface area contributed by atoms with Gasteiger partial charge in [0.05, 0.1) is 29.1 Å². The summed E-state index contributed by atoms with van der Waals surface area (Å²) in [6, 6.07) is 13.0. The van der Waals surface area contributed by atoms with Crippen LogP contribution < -0.4 is 5.32 Å². The first-order chi connectivity index (χ1) is 12.0. The van der Waals surface area contributed by atoms with Gasteiger partial charge < -0.3 is 5.32 Å². The number of rotatable bonds is 6. The van der Waals surface area contributed by atoms with E-state index in [1.807, 2.05) is 30.5 Å². The molecule has 0 amide bonds. The molecule has 130 valence electrons. The Morgan fingerprint density at radius 2 is 1.92 bits per heavy atom. The van der Waals surface area contributed by atoms with Crippen LogP contribution in [-0.4, -0.2) is 25.5 Å². The summed E-state index contributed by atoms with van der Waals surface area (Å²) >= 11 is 12.1. The maximum Gasteiger partial charge on any atom is 0.102 e. The Labute approximate surface area is 158 Å². The highest BCUT2D eigenvalue weighted by Crippen LogP contribution is 2.24. The summed E-state index contributed by atoms with van der Waals surface area (Å²) in [5.74, 6) is 0.499. The van der Waals surface area contributed by atoms with E-state index in [1.54, 1.807) is 29.1 Å². The van der Waals surface area contributed by atoms with Gasteiger partial charge in [-0.3, -0.25) is 4.21 Å². The van der Waals surface area contributed by atoms with Gasteiger partial charge in [-0.2, -0.15) is 0 Å². The molecule has 5 nitrogen and oxygen atoms in total. The van der Waals surface area contributed by atoms with Gasteiger partial charge in [-0.15, -0.1) is 5.10 Å². The van der Waals surface area contributed by atoms with Crippen LogP contribution in [-0.2, 0) is 23.1 Å². The first kappa shape index (κ1) is 17.9. The van der Waals surface area contributed by atoms with Crippen molar-refractivity contribution in [2.75, 3.05) is 11.6 Å². The number of nitrogens with one attached hydrogen (secondary N) is 1. The van der Waals surface area contributed by atoms with Crippen molar-refractivity contribution in [2.45, 2.75) is 12.3 Å². The zero-order valence-corrected chi connectivity index (χ0v) is 15.8. The molecule has 25 heavy (non-hydrogen) atoms. The molecule has 0 aliphatic carbocycles. The van der Waals surface area contributed by atoms with E-state index < -0.39 is 10.8 Å². The molecule has 1 aromatic heterocycles. The fourth-order valence-corrected chi connectivity index (χ4v) is 3.28. The third-order valence-corrected chi connectivity index (χ3v) is 4.81. The highest BCUT2D eigenvalue weighted by atomic mass is 35.5. The largest absolute Gasteiger partial charge is 0.378 e. The summed E-state index contributed by atoms with van der Waals surface area (Å²) in [5, 5.41) is 12.8. The fraction of sp³-hybridized carbons (Fsp3) is 0.176. The lowest BCUT2D eigenvalue weighted by Crippen LogP contribution is -2.02. The average molecular weight is 395 g/mol. The van der Waals surface area contributed by atoms with Gasteiger partial charge in [0.1, 0.15) is 5.69 Å². The smallest absolute Gasteiger partial charge is 0.102 e. The lowest BCUT2D eigenvalue weighted by molar-refractivity contribution is 0.686. The molecule has 8 heteroatoms. The quantitative estimate of drug-likeness (QED) is 0.684. The van der Waals surface area contributed by atoms with Crippen LogP contribution in [0.1, 0.15) is 11.3 Å². The number of aromatic nitrogens is 3. The predicted molar refractivity (Wildman–Crippen MR) is 103 cm³/mol. The predicted octanol–water partition coefficient (Wildman–Crippen LogP) is 4.06. The van der Waals surface area contributed by atoms with E-state index in [1.165, 1.54) is 0 Å². The van der Waals surface area contributed by atoms with Crippen molar-refractivity contribution < 1.29 is 4.21 Å². The van der Waals surface area contributed by atoms with Crippen molar-refractivity contribution in [2.24, 2.45) is 0 Å². The summed E-state index contributed by atoms with van der Waals surface area (Å²) in [5.41, 5.74) is 3.41. The molecule has 1 heterocycles. The number of nitrogens with zero attached hydrogens (tertiary/aromatic N) is 3. The Balaban J connectivity index is 1.70. The van der Waals surface area contributed by atoms with Crippen LogP contribution in [0.2, 0.25) is 10.0 Å². The highest BCUT2D eigenvalue weighted by molar-refractivity contribution is 7.83. The number of hydrogen-bond donors (Lipinski definition) is 1. The molecule has 3 rings (SSSR count). The molecule has 0 fully saturated rings. The van der Waals surface area contributed by atoms with Gasteiger partial charge in [0.2, 0.25) is 0 Å². The zero-order valence-electron chi connectivity index (χ0n) is 13.4. The minimum atomic E-state index is -0.897. The number of halogens is 2. The van der Waals surface area contributed by atoms with Crippen LogP contribution in [0.5, 0.6) is 0 Å². The fourth-order valence-electron chi connectivity index (χ4n) is 2.32. The highest BCUT2D eigenvalue weighted by Gasteiger charge is 2.06. The second kappa shape index (κ2) is 7.99. The summed E-state index contributed by atoms with van der Waals surface area (Å²) in [6.07, 6.45) is 3.52. The molecular formula is C17H16Cl2N4OS. The SMILES string of the molecule is C[S@](=O)Cc1ccc(Cl)c(NCc2cn(-c3ccc(Cl)cc3)nn2)c1. The Morgan fingerprint density at radius 1 is 1.16 bits per heavy atom. The van der Waals surface area contributed by atoms with Crippen molar-refractivity contribution in [1.82, 2.24) is 15.0 Å². The van der Waals surface area contributed by atoms with E-state index in [4.69, 9.17) is 23.2 Å². The van der Waals surface area contributed by atoms with Crippen LogP contribution >= 0.6 is 23.2 Å². The van der Waals surface area contributed by atoms with Gasteiger partial charge in [0.25, 0.3) is 0 Å². The topological polar surface area (TPSA) is 59.8 Å². The third-order valence-electron chi connectivity index (χ3n) is 3.49. The van der Waals surface area contributed by atoms with E-state index in [0.717, 1.165) is 22.6 Å². The second-order valence-corrected chi connectivity index (χ2v) is 7.79. The molecule has 1 N–H and O–H groups in total. The normalized spacial score (nSPS) is 12.1. The molecule has 0 bridgehead atoms. The molecule has 2 aromatic carbocycles. The van der Waals surface area contributed by atoms with E-state index in [2.05, 4.69) is 15.6 Å². The van der Waals surface area contributed by atoms with Gasteiger partial charge in [0.15, 0.2) is 0 Å². The Bertz CT molecular complexity index is 896. The summed E-state index contributed by atoms with van der Waals surface area (Å²) in [4.78, 5) is 0. The van der Waals surface area contributed by atoms with E-state index in [0.29, 0.717) is 22.3 Å². The molecule has 0 spiro atoms. The molecule has 1 atom stereocenters. The molecular weight excluding hydrogens is 379 g/mol. The maximum atomic E-state index is 11.4. The molecule has 0 radical (unpaired) electrons. The van der Waals surface area contributed by atoms with Gasteiger partial charge in [-0.1, -0.05) is 34.5 Å². The lowest BCUT2D eigenvalue weighted by Gasteiger charge is -2.09. The van der Waals surface area contributed by atoms with Crippen molar-refractivity contribution in [3.8, 4) is 5.69 Å². The molecule has 0 saturated carbocycles. The van der Waals surface area contributed by atoms with E-state index in [-0.39, 0.29) is 0 Å².